The van der Waals surface area contributed by atoms with Crippen molar-refractivity contribution in [2.24, 2.45) is 5.92 Å². The van der Waals surface area contributed by atoms with Crippen molar-refractivity contribution < 1.29 is 14.3 Å². The van der Waals surface area contributed by atoms with Crippen molar-refractivity contribution >= 4 is 6.09 Å². The first-order valence-corrected chi connectivity index (χ1v) is 5.94. The molecule has 0 bridgehead atoms. The van der Waals surface area contributed by atoms with Gasteiger partial charge in [-0.1, -0.05) is 5.92 Å². The van der Waals surface area contributed by atoms with Crippen molar-refractivity contribution in [2.45, 2.75) is 45.3 Å². The molecule has 4 heteroatoms. The number of nitrogens with one attached hydrogen (secondary N) is 1. The van der Waals surface area contributed by atoms with Crippen molar-refractivity contribution in [2.75, 3.05) is 13.2 Å². The Balaban J connectivity index is 2.36. The minimum atomic E-state index is -0.500. The van der Waals surface area contributed by atoms with E-state index in [1.165, 1.54) is 0 Å². The van der Waals surface area contributed by atoms with Gasteiger partial charge in [-0.05, 0) is 39.5 Å². The fraction of sp³-hybridized carbons (Fsp3) is 0.769. The van der Waals surface area contributed by atoms with Gasteiger partial charge in [0.05, 0.1) is 6.04 Å². The second kappa shape index (κ2) is 5.92. The largest absolute Gasteiger partial charge is 0.444 e. The lowest BCUT2D eigenvalue weighted by Gasteiger charge is -2.22. The Morgan fingerprint density at radius 2 is 2.35 bits per heavy atom. The van der Waals surface area contributed by atoms with Gasteiger partial charge in [0.25, 0.3) is 0 Å². The van der Waals surface area contributed by atoms with Crippen molar-refractivity contribution in [3.05, 3.63) is 0 Å². The lowest BCUT2D eigenvalue weighted by Crippen LogP contribution is -2.39. The highest BCUT2D eigenvalue weighted by Crippen LogP contribution is 2.18. The summed E-state index contributed by atoms with van der Waals surface area (Å²) in [5.41, 5.74) is -0.500. The Kier molecular flexibility index (Phi) is 4.83. The van der Waals surface area contributed by atoms with E-state index in [2.05, 4.69) is 11.2 Å². The number of carbonyl (C=O) groups excluding carboxylic acids is 1. The fourth-order valence-corrected chi connectivity index (χ4v) is 1.72. The van der Waals surface area contributed by atoms with Gasteiger partial charge >= 0.3 is 6.09 Å². The molecule has 1 saturated heterocycles. The molecule has 1 amide bonds. The van der Waals surface area contributed by atoms with Crippen LogP contribution < -0.4 is 5.32 Å². The van der Waals surface area contributed by atoms with Gasteiger partial charge < -0.3 is 14.8 Å². The molecule has 96 valence electrons. The van der Waals surface area contributed by atoms with Crippen LogP contribution in [0.1, 0.15) is 33.6 Å². The number of terminal acetylenes is 1. The summed E-state index contributed by atoms with van der Waals surface area (Å²) in [4.78, 5) is 11.5. The molecule has 1 heterocycles. The topological polar surface area (TPSA) is 47.6 Å². The summed E-state index contributed by atoms with van der Waals surface area (Å²) in [7, 11) is 0. The van der Waals surface area contributed by atoms with E-state index < -0.39 is 11.7 Å². The maximum Gasteiger partial charge on any atom is 0.408 e. The van der Waals surface area contributed by atoms with Gasteiger partial charge in [0, 0.05) is 13.2 Å². The van der Waals surface area contributed by atoms with Crippen molar-refractivity contribution in [3.8, 4) is 12.3 Å². The van der Waals surface area contributed by atoms with Gasteiger partial charge in [-0.2, -0.15) is 0 Å². The molecule has 1 rings (SSSR count). The van der Waals surface area contributed by atoms with Gasteiger partial charge in [-0.25, -0.2) is 4.79 Å². The summed E-state index contributed by atoms with van der Waals surface area (Å²) in [6.07, 6.45) is 6.70. The van der Waals surface area contributed by atoms with Crippen LogP contribution in [0.2, 0.25) is 0 Å². The highest BCUT2D eigenvalue weighted by molar-refractivity contribution is 5.68. The van der Waals surface area contributed by atoms with Crippen LogP contribution in [0.15, 0.2) is 0 Å². The first-order chi connectivity index (χ1) is 7.90. The molecule has 2 unspecified atom stereocenters. The molecule has 0 saturated carbocycles. The molecule has 1 fully saturated rings. The molecule has 0 radical (unpaired) electrons. The molecule has 1 N–H and O–H groups in total. The lowest BCUT2D eigenvalue weighted by molar-refractivity contribution is 0.0510. The molecular weight excluding hydrogens is 218 g/mol. The summed E-state index contributed by atoms with van der Waals surface area (Å²) >= 11 is 0. The number of alkyl carbamates (subject to hydrolysis) is 1. The van der Waals surface area contributed by atoms with E-state index in [0.717, 1.165) is 26.1 Å². The third-order valence-electron chi connectivity index (χ3n) is 2.49. The van der Waals surface area contributed by atoms with Crippen LogP contribution in [-0.2, 0) is 9.47 Å². The molecule has 0 aromatic rings. The molecule has 2 atom stereocenters. The van der Waals surface area contributed by atoms with Crippen molar-refractivity contribution in [1.82, 2.24) is 5.32 Å². The summed E-state index contributed by atoms with van der Waals surface area (Å²) in [5, 5.41) is 2.70. The minimum absolute atomic E-state index is 0.281. The van der Waals surface area contributed by atoms with Crippen LogP contribution in [-0.4, -0.2) is 30.9 Å². The monoisotopic (exact) mass is 239 g/mol. The Labute approximate surface area is 103 Å². The predicted molar refractivity (Wildman–Crippen MR) is 65.5 cm³/mol. The molecular formula is C13H21NO3. The summed E-state index contributed by atoms with van der Waals surface area (Å²) in [6, 6.07) is -0.281. The summed E-state index contributed by atoms with van der Waals surface area (Å²) in [6.45, 7) is 6.98. The lowest BCUT2D eigenvalue weighted by atomic mass is 10.00. The van der Waals surface area contributed by atoms with E-state index in [1.54, 1.807) is 0 Å². The zero-order chi connectivity index (χ0) is 12.9. The maximum atomic E-state index is 11.5. The molecule has 17 heavy (non-hydrogen) atoms. The van der Waals surface area contributed by atoms with E-state index >= 15 is 0 Å². The number of carbonyl (C=O) groups is 1. The van der Waals surface area contributed by atoms with Crippen LogP contribution >= 0.6 is 0 Å². The molecule has 0 aromatic heterocycles. The van der Waals surface area contributed by atoms with Crippen LogP contribution in [0.5, 0.6) is 0 Å². The smallest absolute Gasteiger partial charge is 0.408 e. The number of amides is 1. The second-order valence-electron chi connectivity index (χ2n) is 5.33. The Hall–Kier alpha value is -1.21. The van der Waals surface area contributed by atoms with E-state index in [4.69, 9.17) is 15.9 Å². The average molecular weight is 239 g/mol. The molecule has 4 nitrogen and oxygen atoms in total. The van der Waals surface area contributed by atoms with Gasteiger partial charge in [0.1, 0.15) is 5.60 Å². The SMILES string of the molecule is C#CC(CC1CCOC1)NC(=O)OC(C)(C)C. The highest BCUT2D eigenvalue weighted by atomic mass is 16.6. The molecule has 0 aliphatic carbocycles. The van der Waals surface area contributed by atoms with Crippen LogP contribution in [0.3, 0.4) is 0 Å². The minimum Gasteiger partial charge on any atom is -0.444 e. The van der Waals surface area contributed by atoms with Gasteiger partial charge in [0.2, 0.25) is 0 Å². The van der Waals surface area contributed by atoms with E-state index in [1.807, 2.05) is 20.8 Å². The van der Waals surface area contributed by atoms with Crippen LogP contribution in [0.25, 0.3) is 0 Å². The van der Waals surface area contributed by atoms with E-state index in [0.29, 0.717) is 5.92 Å². The van der Waals surface area contributed by atoms with Gasteiger partial charge in [-0.3, -0.25) is 0 Å². The van der Waals surface area contributed by atoms with Crippen molar-refractivity contribution in [3.63, 3.8) is 0 Å². The maximum absolute atomic E-state index is 11.5. The summed E-state index contributed by atoms with van der Waals surface area (Å²) < 4.78 is 10.4. The molecule has 0 spiro atoms. The molecule has 1 aliphatic rings. The number of ether oxygens (including phenoxy) is 2. The van der Waals surface area contributed by atoms with Crippen LogP contribution in [0.4, 0.5) is 4.79 Å². The fourth-order valence-electron chi connectivity index (χ4n) is 1.72. The number of hydrogen-bond acceptors (Lipinski definition) is 3. The number of hydrogen-bond donors (Lipinski definition) is 1. The Morgan fingerprint density at radius 1 is 1.65 bits per heavy atom. The summed E-state index contributed by atoms with van der Waals surface area (Å²) in [5.74, 6) is 3.01. The first-order valence-electron chi connectivity index (χ1n) is 5.94. The normalized spacial score (nSPS) is 21.6. The standard InChI is InChI=1S/C13H21NO3/c1-5-11(8-10-6-7-16-9-10)14-12(15)17-13(2,3)4/h1,10-11H,6-9H2,2-4H3,(H,14,15). The highest BCUT2D eigenvalue weighted by Gasteiger charge is 2.23. The third kappa shape index (κ3) is 5.60. The Bertz CT molecular complexity index is 295. The van der Waals surface area contributed by atoms with E-state index in [-0.39, 0.29) is 6.04 Å². The Morgan fingerprint density at radius 3 is 2.82 bits per heavy atom. The quantitative estimate of drug-likeness (QED) is 0.766. The zero-order valence-electron chi connectivity index (χ0n) is 10.8. The zero-order valence-corrected chi connectivity index (χ0v) is 10.8. The molecule has 0 aromatic carbocycles. The average Bonchev–Trinajstić information content (AvgIpc) is 2.66. The van der Waals surface area contributed by atoms with Crippen LogP contribution in [0, 0.1) is 18.3 Å². The second-order valence-corrected chi connectivity index (χ2v) is 5.33. The molecule has 1 aliphatic heterocycles. The predicted octanol–water partition coefficient (Wildman–Crippen LogP) is 1.94. The number of rotatable bonds is 3. The third-order valence-corrected chi connectivity index (χ3v) is 2.49. The first kappa shape index (κ1) is 13.9. The van der Waals surface area contributed by atoms with E-state index in [9.17, 15) is 4.79 Å². The van der Waals surface area contributed by atoms with Gasteiger partial charge in [0.15, 0.2) is 0 Å². The van der Waals surface area contributed by atoms with Crippen molar-refractivity contribution in [1.29, 1.82) is 0 Å². The van der Waals surface area contributed by atoms with Gasteiger partial charge in [-0.15, -0.1) is 6.42 Å².